The highest BCUT2D eigenvalue weighted by Gasteiger charge is 2.17. The molecule has 1 heterocycles. The maximum atomic E-state index is 12.2. The van der Waals surface area contributed by atoms with E-state index in [-0.39, 0.29) is 6.03 Å². The number of nitrogens with one attached hydrogen (secondary N) is 3. The van der Waals surface area contributed by atoms with Gasteiger partial charge in [-0.2, -0.15) is 0 Å². The first-order chi connectivity index (χ1) is 13.7. The van der Waals surface area contributed by atoms with Crippen LogP contribution in [0.2, 0.25) is 0 Å². The Balaban J connectivity index is 1.82. The lowest BCUT2D eigenvalue weighted by molar-refractivity contribution is 0.143. The van der Waals surface area contributed by atoms with Crippen molar-refractivity contribution in [2.75, 3.05) is 44.7 Å². The van der Waals surface area contributed by atoms with Crippen LogP contribution in [0, 0.1) is 0 Å². The van der Waals surface area contributed by atoms with Gasteiger partial charge >= 0.3 is 6.03 Å². The highest BCUT2D eigenvalue weighted by Crippen LogP contribution is 2.14. The van der Waals surface area contributed by atoms with Crippen LogP contribution in [0.5, 0.6) is 0 Å². The van der Waals surface area contributed by atoms with E-state index in [9.17, 15) is 4.79 Å². The third-order valence-electron chi connectivity index (χ3n) is 4.55. The molecular formula is C21H35N5O2. The molecule has 2 rings (SSSR count). The Kier molecular flexibility index (Phi) is 10.2. The molecule has 0 aromatic heterocycles. The molecule has 1 saturated heterocycles. The summed E-state index contributed by atoms with van der Waals surface area (Å²) in [6, 6.07) is 7.88. The van der Waals surface area contributed by atoms with Gasteiger partial charge in [0.05, 0.1) is 6.54 Å². The SMILES string of the molecule is CCNC(=NCc1cccc(NC(=O)N2CCCC2)c1)NCCCCOCC. The van der Waals surface area contributed by atoms with Crippen LogP contribution in [-0.4, -0.2) is 56.3 Å². The molecule has 0 unspecified atom stereocenters. The second-order valence-electron chi connectivity index (χ2n) is 6.85. The minimum Gasteiger partial charge on any atom is -0.382 e. The molecule has 1 fully saturated rings. The first kappa shape index (κ1) is 22.0. The minimum absolute atomic E-state index is 0.0137. The number of anilines is 1. The Morgan fingerprint density at radius 3 is 2.75 bits per heavy atom. The normalized spacial score (nSPS) is 14.2. The number of amides is 2. The maximum Gasteiger partial charge on any atom is 0.321 e. The Hall–Kier alpha value is -2.28. The number of carbonyl (C=O) groups excluding carboxylic acids is 1. The van der Waals surface area contributed by atoms with E-state index in [1.165, 1.54) is 0 Å². The average molecular weight is 390 g/mol. The highest BCUT2D eigenvalue weighted by atomic mass is 16.5. The van der Waals surface area contributed by atoms with Crippen LogP contribution in [0.3, 0.4) is 0 Å². The predicted molar refractivity (Wildman–Crippen MR) is 115 cm³/mol. The van der Waals surface area contributed by atoms with Crippen molar-refractivity contribution >= 4 is 17.7 Å². The zero-order chi connectivity index (χ0) is 20.0. The van der Waals surface area contributed by atoms with Crippen molar-refractivity contribution in [2.45, 2.75) is 46.1 Å². The lowest BCUT2D eigenvalue weighted by atomic mass is 10.2. The maximum absolute atomic E-state index is 12.2. The fourth-order valence-electron chi connectivity index (χ4n) is 3.06. The monoisotopic (exact) mass is 389 g/mol. The molecule has 3 N–H and O–H groups in total. The van der Waals surface area contributed by atoms with Crippen LogP contribution in [0.15, 0.2) is 29.3 Å². The lowest BCUT2D eigenvalue weighted by Crippen LogP contribution is -2.37. The number of carbonyl (C=O) groups is 1. The number of nitrogens with zero attached hydrogens (tertiary/aromatic N) is 2. The Morgan fingerprint density at radius 2 is 2.00 bits per heavy atom. The number of benzene rings is 1. The fourth-order valence-corrected chi connectivity index (χ4v) is 3.06. The van der Waals surface area contributed by atoms with Crippen molar-refractivity contribution in [1.29, 1.82) is 0 Å². The van der Waals surface area contributed by atoms with E-state index in [1.807, 2.05) is 36.1 Å². The van der Waals surface area contributed by atoms with E-state index >= 15 is 0 Å². The zero-order valence-electron chi connectivity index (χ0n) is 17.3. The number of aliphatic imine (C=N–C) groups is 1. The van der Waals surface area contributed by atoms with Gasteiger partial charge in [0.2, 0.25) is 0 Å². The molecule has 2 amide bonds. The van der Waals surface area contributed by atoms with Crippen molar-refractivity contribution in [1.82, 2.24) is 15.5 Å². The summed E-state index contributed by atoms with van der Waals surface area (Å²) in [5.41, 5.74) is 1.88. The number of hydrogen-bond donors (Lipinski definition) is 3. The van der Waals surface area contributed by atoms with Crippen LogP contribution in [0.25, 0.3) is 0 Å². The van der Waals surface area contributed by atoms with Crippen LogP contribution in [0.1, 0.15) is 45.1 Å². The summed E-state index contributed by atoms with van der Waals surface area (Å²) >= 11 is 0. The van der Waals surface area contributed by atoms with Gasteiger partial charge in [-0.15, -0.1) is 0 Å². The van der Waals surface area contributed by atoms with Crippen LogP contribution in [0.4, 0.5) is 10.5 Å². The summed E-state index contributed by atoms with van der Waals surface area (Å²) in [4.78, 5) is 18.8. The molecule has 0 atom stereocenters. The number of hydrogen-bond acceptors (Lipinski definition) is 3. The van der Waals surface area contributed by atoms with Gasteiger partial charge in [0, 0.05) is 45.1 Å². The largest absolute Gasteiger partial charge is 0.382 e. The van der Waals surface area contributed by atoms with Crippen molar-refractivity contribution in [3.63, 3.8) is 0 Å². The van der Waals surface area contributed by atoms with E-state index in [0.717, 1.165) is 82.3 Å². The molecule has 7 nitrogen and oxygen atoms in total. The van der Waals surface area contributed by atoms with E-state index < -0.39 is 0 Å². The van der Waals surface area contributed by atoms with E-state index in [1.54, 1.807) is 0 Å². The van der Waals surface area contributed by atoms with Crippen molar-refractivity contribution < 1.29 is 9.53 Å². The number of urea groups is 1. The molecule has 1 aromatic rings. The van der Waals surface area contributed by atoms with Gasteiger partial charge in [-0.1, -0.05) is 12.1 Å². The number of rotatable bonds is 10. The van der Waals surface area contributed by atoms with E-state index in [0.29, 0.717) is 6.54 Å². The molecule has 0 aliphatic carbocycles. The topological polar surface area (TPSA) is 78.0 Å². The molecule has 0 saturated carbocycles. The van der Waals surface area contributed by atoms with Gasteiger partial charge in [-0.05, 0) is 57.2 Å². The van der Waals surface area contributed by atoms with Crippen molar-refractivity contribution in [3.05, 3.63) is 29.8 Å². The summed E-state index contributed by atoms with van der Waals surface area (Å²) in [5, 5.41) is 9.62. The molecule has 28 heavy (non-hydrogen) atoms. The van der Waals surface area contributed by atoms with Gasteiger partial charge in [-0.25, -0.2) is 9.79 Å². The standard InChI is InChI=1S/C21H35N5O2/c1-3-22-20(23-12-5-8-15-28-4-2)24-17-18-10-9-11-19(16-18)25-21(27)26-13-6-7-14-26/h9-11,16H,3-8,12-15,17H2,1-2H3,(H,25,27)(H2,22,23,24). The number of unbranched alkanes of at least 4 members (excludes halogenated alkanes) is 1. The molecule has 1 aliphatic heterocycles. The van der Waals surface area contributed by atoms with Gasteiger partial charge in [0.15, 0.2) is 5.96 Å². The van der Waals surface area contributed by atoms with Gasteiger partial charge in [0.1, 0.15) is 0 Å². The van der Waals surface area contributed by atoms with Crippen LogP contribution < -0.4 is 16.0 Å². The third-order valence-corrected chi connectivity index (χ3v) is 4.55. The highest BCUT2D eigenvalue weighted by molar-refractivity contribution is 5.89. The van der Waals surface area contributed by atoms with Crippen LogP contribution in [-0.2, 0) is 11.3 Å². The molecule has 0 spiro atoms. The average Bonchev–Trinajstić information content (AvgIpc) is 3.24. The lowest BCUT2D eigenvalue weighted by Gasteiger charge is -2.16. The summed E-state index contributed by atoms with van der Waals surface area (Å²) in [7, 11) is 0. The Morgan fingerprint density at radius 1 is 1.18 bits per heavy atom. The third kappa shape index (κ3) is 8.17. The van der Waals surface area contributed by atoms with Crippen molar-refractivity contribution in [3.8, 4) is 0 Å². The molecule has 0 bridgehead atoms. The van der Waals surface area contributed by atoms with Gasteiger partial charge in [-0.3, -0.25) is 0 Å². The van der Waals surface area contributed by atoms with E-state index in [2.05, 4.69) is 27.9 Å². The molecular weight excluding hydrogens is 354 g/mol. The number of likely N-dealkylation sites (tertiary alicyclic amines) is 1. The molecule has 1 aromatic carbocycles. The summed E-state index contributed by atoms with van der Waals surface area (Å²) in [5.74, 6) is 0.811. The summed E-state index contributed by atoms with van der Waals surface area (Å²) in [6.07, 6.45) is 4.27. The zero-order valence-corrected chi connectivity index (χ0v) is 17.3. The molecule has 1 aliphatic rings. The second-order valence-corrected chi connectivity index (χ2v) is 6.85. The predicted octanol–water partition coefficient (Wildman–Crippen LogP) is 3.19. The molecule has 156 valence electrons. The fraction of sp³-hybridized carbons (Fsp3) is 0.619. The first-order valence-electron chi connectivity index (χ1n) is 10.5. The first-order valence-corrected chi connectivity index (χ1v) is 10.5. The second kappa shape index (κ2) is 13.0. The number of ether oxygens (including phenoxy) is 1. The Labute approximate surface area is 168 Å². The number of guanidine groups is 1. The van der Waals surface area contributed by atoms with Crippen LogP contribution >= 0.6 is 0 Å². The van der Waals surface area contributed by atoms with Gasteiger partial charge in [0.25, 0.3) is 0 Å². The summed E-state index contributed by atoms with van der Waals surface area (Å²) < 4.78 is 5.36. The molecule has 0 radical (unpaired) electrons. The van der Waals surface area contributed by atoms with E-state index in [4.69, 9.17) is 4.74 Å². The van der Waals surface area contributed by atoms with Gasteiger partial charge < -0.3 is 25.6 Å². The Bertz CT molecular complexity index is 615. The molecule has 7 heteroatoms. The quantitative estimate of drug-likeness (QED) is 0.326. The minimum atomic E-state index is -0.0137. The summed E-state index contributed by atoms with van der Waals surface area (Å²) in [6.45, 7) is 9.58. The van der Waals surface area contributed by atoms with Crippen molar-refractivity contribution in [2.24, 2.45) is 4.99 Å². The smallest absolute Gasteiger partial charge is 0.321 e.